The molecule has 0 N–H and O–H groups in total. The molecule has 0 bridgehead atoms. The number of hydrogen-bond donors (Lipinski definition) is 0. The molecule has 1 aliphatic rings. The Hall–Kier alpha value is -2.41. The summed E-state index contributed by atoms with van der Waals surface area (Å²) < 4.78 is 0. The van der Waals surface area contributed by atoms with Crippen LogP contribution in [0.15, 0.2) is 72.3 Å². The normalized spacial score (nSPS) is 18.5. The van der Waals surface area contributed by atoms with E-state index in [1.54, 1.807) is 6.08 Å². The molecule has 2 aromatic carbocycles. The highest BCUT2D eigenvalue weighted by atomic mass is 16.1. The van der Waals surface area contributed by atoms with Crippen molar-refractivity contribution in [1.29, 1.82) is 0 Å². The second-order valence-electron chi connectivity index (χ2n) is 5.30. The van der Waals surface area contributed by atoms with Crippen molar-refractivity contribution in [2.24, 2.45) is 0 Å². The molecule has 1 aliphatic carbocycles. The number of carbonyl (C=O) groups is 1. The lowest BCUT2D eigenvalue weighted by atomic mass is 9.81. The predicted octanol–water partition coefficient (Wildman–Crippen LogP) is 5.02. The number of benzene rings is 2. The molecular weight excluding hydrogens is 256 g/mol. The van der Waals surface area contributed by atoms with E-state index in [0.29, 0.717) is 5.92 Å². The van der Waals surface area contributed by atoms with E-state index in [4.69, 9.17) is 0 Å². The second-order valence-corrected chi connectivity index (χ2v) is 5.30. The summed E-state index contributed by atoms with van der Waals surface area (Å²) in [6.45, 7) is 2.17. The zero-order chi connectivity index (χ0) is 14.7. The van der Waals surface area contributed by atoms with Gasteiger partial charge in [-0.05, 0) is 29.2 Å². The lowest BCUT2D eigenvalue weighted by molar-refractivity contribution is 0.104. The van der Waals surface area contributed by atoms with E-state index in [-0.39, 0.29) is 5.78 Å². The molecule has 1 atom stereocenters. The molecule has 0 aliphatic heterocycles. The van der Waals surface area contributed by atoms with Crippen LogP contribution in [0.3, 0.4) is 0 Å². The molecule has 0 amide bonds. The molecule has 0 saturated carbocycles. The molecular formula is C20H18O. The van der Waals surface area contributed by atoms with Crippen LogP contribution in [0.25, 0.3) is 6.08 Å². The van der Waals surface area contributed by atoms with Crippen LogP contribution in [-0.2, 0) is 0 Å². The van der Waals surface area contributed by atoms with Gasteiger partial charge in [0.1, 0.15) is 0 Å². The van der Waals surface area contributed by atoms with E-state index in [1.165, 1.54) is 11.1 Å². The molecule has 0 fully saturated rings. The third kappa shape index (κ3) is 2.73. The smallest absolute Gasteiger partial charge is 0.186 e. The van der Waals surface area contributed by atoms with Crippen LogP contribution < -0.4 is 0 Å². The van der Waals surface area contributed by atoms with Crippen LogP contribution in [-0.4, -0.2) is 5.78 Å². The fraction of sp³-hybridized carbons (Fsp3) is 0.150. The highest BCUT2D eigenvalue weighted by molar-refractivity contribution is 6.05. The van der Waals surface area contributed by atoms with Gasteiger partial charge >= 0.3 is 0 Å². The van der Waals surface area contributed by atoms with Gasteiger partial charge in [-0.3, -0.25) is 4.79 Å². The summed E-state index contributed by atoms with van der Waals surface area (Å²) in [5.41, 5.74) is 4.42. The predicted molar refractivity (Wildman–Crippen MR) is 87.4 cm³/mol. The summed E-state index contributed by atoms with van der Waals surface area (Å²) in [6.07, 6.45) is 6.97. The lowest BCUT2D eigenvalue weighted by Gasteiger charge is -2.23. The molecule has 0 radical (unpaired) electrons. The first-order chi connectivity index (χ1) is 10.3. The fourth-order valence-electron chi connectivity index (χ4n) is 2.90. The van der Waals surface area contributed by atoms with Crippen molar-refractivity contribution in [3.8, 4) is 0 Å². The quantitative estimate of drug-likeness (QED) is 0.567. The van der Waals surface area contributed by atoms with Gasteiger partial charge in [0.05, 0.1) is 0 Å². The highest BCUT2D eigenvalue weighted by Crippen LogP contribution is 2.36. The second kappa shape index (κ2) is 5.92. The van der Waals surface area contributed by atoms with Gasteiger partial charge in [-0.1, -0.05) is 73.7 Å². The van der Waals surface area contributed by atoms with Crippen LogP contribution in [0.4, 0.5) is 0 Å². The Kier molecular flexibility index (Phi) is 3.83. The van der Waals surface area contributed by atoms with E-state index < -0.39 is 0 Å². The van der Waals surface area contributed by atoms with Crippen LogP contribution in [0.5, 0.6) is 0 Å². The van der Waals surface area contributed by atoms with Gasteiger partial charge < -0.3 is 0 Å². The maximum atomic E-state index is 12.4. The van der Waals surface area contributed by atoms with Crippen molar-refractivity contribution >= 4 is 11.9 Å². The first-order valence-corrected chi connectivity index (χ1v) is 7.37. The minimum Gasteiger partial charge on any atom is -0.289 e. The Morgan fingerprint density at radius 1 is 1.00 bits per heavy atom. The van der Waals surface area contributed by atoms with Gasteiger partial charge in [0.15, 0.2) is 5.78 Å². The topological polar surface area (TPSA) is 17.1 Å². The zero-order valence-corrected chi connectivity index (χ0v) is 12.1. The van der Waals surface area contributed by atoms with Crippen molar-refractivity contribution in [3.63, 3.8) is 0 Å². The maximum Gasteiger partial charge on any atom is 0.186 e. The van der Waals surface area contributed by atoms with Gasteiger partial charge in [-0.2, -0.15) is 0 Å². The highest BCUT2D eigenvalue weighted by Gasteiger charge is 2.20. The number of ketones is 1. The third-order valence-electron chi connectivity index (χ3n) is 3.99. The molecule has 0 heterocycles. The molecule has 1 unspecified atom stereocenters. The van der Waals surface area contributed by atoms with E-state index in [9.17, 15) is 4.79 Å². The largest absolute Gasteiger partial charge is 0.289 e. The minimum atomic E-state index is 0.0769. The van der Waals surface area contributed by atoms with Crippen molar-refractivity contribution in [1.82, 2.24) is 0 Å². The number of allylic oxidation sites excluding steroid dienone is 3. The molecule has 2 aromatic rings. The number of rotatable bonds is 3. The summed E-state index contributed by atoms with van der Waals surface area (Å²) in [5, 5.41) is 0. The third-order valence-corrected chi connectivity index (χ3v) is 3.99. The monoisotopic (exact) mass is 274 g/mol. The molecule has 0 saturated heterocycles. The fourth-order valence-corrected chi connectivity index (χ4v) is 2.90. The lowest BCUT2D eigenvalue weighted by Crippen LogP contribution is -2.08. The molecule has 104 valence electrons. The van der Waals surface area contributed by atoms with Crippen LogP contribution in [0.1, 0.15) is 40.7 Å². The van der Waals surface area contributed by atoms with E-state index >= 15 is 0 Å². The van der Waals surface area contributed by atoms with Gasteiger partial charge in [-0.25, -0.2) is 0 Å². The summed E-state index contributed by atoms with van der Waals surface area (Å²) in [7, 11) is 0. The van der Waals surface area contributed by atoms with Crippen molar-refractivity contribution < 1.29 is 4.79 Å². The Morgan fingerprint density at radius 2 is 1.71 bits per heavy atom. The van der Waals surface area contributed by atoms with Crippen molar-refractivity contribution in [2.75, 3.05) is 0 Å². The molecule has 0 aromatic heterocycles. The van der Waals surface area contributed by atoms with E-state index in [2.05, 4.69) is 43.3 Å². The van der Waals surface area contributed by atoms with Crippen molar-refractivity contribution in [2.45, 2.75) is 19.3 Å². The van der Waals surface area contributed by atoms with Gasteiger partial charge in [0, 0.05) is 11.5 Å². The van der Waals surface area contributed by atoms with Gasteiger partial charge in [0.2, 0.25) is 0 Å². The van der Waals surface area contributed by atoms with E-state index in [0.717, 1.165) is 17.6 Å². The summed E-state index contributed by atoms with van der Waals surface area (Å²) in [6, 6.07) is 17.9. The molecule has 1 nitrogen and oxygen atoms in total. The SMILES string of the molecule is CCC1C(=CC(=O)c2ccccc2)C=Cc2ccccc21. The Labute approximate surface area is 125 Å². The van der Waals surface area contributed by atoms with Gasteiger partial charge in [-0.15, -0.1) is 0 Å². The Morgan fingerprint density at radius 3 is 2.48 bits per heavy atom. The minimum absolute atomic E-state index is 0.0769. The molecule has 1 heteroatoms. The maximum absolute atomic E-state index is 12.4. The average molecular weight is 274 g/mol. The zero-order valence-electron chi connectivity index (χ0n) is 12.1. The van der Waals surface area contributed by atoms with Crippen molar-refractivity contribution in [3.05, 3.63) is 89.0 Å². The molecule has 3 rings (SSSR count). The van der Waals surface area contributed by atoms with E-state index in [1.807, 2.05) is 30.3 Å². The number of hydrogen-bond acceptors (Lipinski definition) is 1. The number of fused-ring (bicyclic) bond motifs is 1. The summed E-state index contributed by atoms with van der Waals surface area (Å²) >= 11 is 0. The van der Waals surface area contributed by atoms with Crippen LogP contribution in [0, 0.1) is 0 Å². The summed E-state index contributed by atoms with van der Waals surface area (Å²) in [5.74, 6) is 0.381. The van der Waals surface area contributed by atoms with Crippen LogP contribution in [0.2, 0.25) is 0 Å². The Balaban J connectivity index is 1.96. The molecule has 0 spiro atoms. The first-order valence-electron chi connectivity index (χ1n) is 7.37. The van der Waals surface area contributed by atoms with Crippen LogP contribution >= 0.6 is 0 Å². The molecule has 21 heavy (non-hydrogen) atoms. The number of carbonyl (C=O) groups excluding carboxylic acids is 1. The van der Waals surface area contributed by atoms with Gasteiger partial charge in [0.25, 0.3) is 0 Å². The standard InChI is InChI=1S/C20H18O/c1-2-18-17(13-12-15-8-6-7-11-19(15)18)14-20(21)16-9-4-3-5-10-16/h3-14,18H,2H2,1H3. The summed E-state index contributed by atoms with van der Waals surface area (Å²) in [4.78, 5) is 12.4. The average Bonchev–Trinajstić information content (AvgIpc) is 2.55. The first kappa shape index (κ1) is 13.6. The Bertz CT molecular complexity index is 708.